The zero-order valence-corrected chi connectivity index (χ0v) is 13.3. The predicted octanol–water partition coefficient (Wildman–Crippen LogP) is 3.31. The van der Waals surface area contributed by atoms with Gasteiger partial charge in [-0.1, -0.05) is 23.2 Å². The van der Waals surface area contributed by atoms with Crippen LogP contribution >= 0.6 is 23.2 Å². The number of hydrogen-bond acceptors (Lipinski definition) is 3. The van der Waals surface area contributed by atoms with Crippen molar-refractivity contribution in [3.8, 4) is 5.75 Å². The highest BCUT2D eigenvalue weighted by Gasteiger charge is 2.20. The van der Waals surface area contributed by atoms with Gasteiger partial charge in [-0.3, -0.25) is 4.79 Å². The van der Waals surface area contributed by atoms with Crippen molar-refractivity contribution >= 4 is 29.1 Å². The smallest absolute Gasteiger partial charge is 0.223 e. The van der Waals surface area contributed by atoms with Crippen LogP contribution in [-0.4, -0.2) is 32.3 Å². The van der Waals surface area contributed by atoms with E-state index in [2.05, 4.69) is 5.32 Å². The number of rotatable bonds is 6. The first-order chi connectivity index (χ1) is 10.2. The number of carbonyl (C=O) groups excluding carboxylic acids is 1. The van der Waals surface area contributed by atoms with Gasteiger partial charge in [0, 0.05) is 30.7 Å². The molecule has 1 saturated heterocycles. The molecule has 0 spiro atoms. The summed E-state index contributed by atoms with van der Waals surface area (Å²) in [5.41, 5.74) is 0. The molecule has 0 atom stereocenters. The van der Waals surface area contributed by atoms with Gasteiger partial charge in [0.1, 0.15) is 5.75 Å². The third-order valence-electron chi connectivity index (χ3n) is 3.36. The van der Waals surface area contributed by atoms with E-state index in [1.54, 1.807) is 18.2 Å². The maximum atomic E-state index is 11.9. The first kappa shape index (κ1) is 16.4. The fourth-order valence-electron chi connectivity index (χ4n) is 2.16. The van der Waals surface area contributed by atoms with Crippen molar-refractivity contribution in [3.63, 3.8) is 0 Å². The molecular weight excluding hydrogens is 313 g/mol. The zero-order valence-electron chi connectivity index (χ0n) is 11.7. The Morgan fingerprint density at radius 1 is 1.33 bits per heavy atom. The highest BCUT2D eigenvalue weighted by molar-refractivity contribution is 6.35. The number of halogens is 2. The summed E-state index contributed by atoms with van der Waals surface area (Å²) in [4.78, 5) is 11.9. The number of benzene rings is 1. The molecule has 1 amide bonds. The van der Waals surface area contributed by atoms with Crippen LogP contribution in [0.25, 0.3) is 0 Å². The Labute approximate surface area is 134 Å². The van der Waals surface area contributed by atoms with E-state index >= 15 is 0 Å². The van der Waals surface area contributed by atoms with Crippen LogP contribution in [0.5, 0.6) is 5.75 Å². The fourth-order valence-corrected chi connectivity index (χ4v) is 2.63. The van der Waals surface area contributed by atoms with Gasteiger partial charge >= 0.3 is 0 Å². The van der Waals surface area contributed by atoms with E-state index in [1.165, 1.54) is 0 Å². The Morgan fingerprint density at radius 3 is 2.81 bits per heavy atom. The molecule has 6 heteroatoms. The molecule has 0 saturated carbocycles. The molecule has 0 aliphatic carbocycles. The number of ether oxygens (including phenoxy) is 2. The summed E-state index contributed by atoms with van der Waals surface area (Å²) in [6, 6.07) is 5.12. The van der Waals surface area contributed by atoms with Gasteiger partial charge in [-0.15, -0.1) is 0 Å². The second-order valence-corrected chi connectivity index (χ2v) is 5.80. The highest BCUT2D eigenvalue weighted by Crippen LogP contribution is 2.27. The lowest BCUT2D eigenvalue weighted by molar-refractivity contribution is -0.127. The van der Waals surface area contributed by atoms with Gasteiger partial charge in [0.05, 0.1) is 11.6 Å². The summed E-state index contributed by atoms with van der Waals surface area (Å²) >= 11 is 11.8. The van der Waals surface area contributed by atoms with Gasteiger partial charge in [0.2, 0.25) is 5.91 Å². The normalized spacial score (nSPS) is 15.7. The fraction of sp³-hybridized carbons (Fsp3) is 0.533. The van der Waals surface area contributed by atoms with Crippen LogP contribution in [0.1, 0.15) is 19.3 Å². The van der Waals surface area contributed by atoms with Gasteiger partial charge in [-0.25, -0.2) is 0 Å². The van der Waals surface area contributed by atoms with Crippen molar-refractivity contribution in [2.75, 3.05) is 26.4 Å². The summed E-state index contributed by atoms with van der Waals surface area (Å²) in [6.07, 6.45) is 2.35. The minimum absolute atomic E-state index is 0.0883. The zero-order chi connectivity index (χ0) is 15.1. The lowest BCUT2D eigenvalue weighted by atomic mass is 9.99. The second kappa shape index (κ2) is 8.47. The molecule has 21 heavy (non-hydrogen) atoms. The van der Waals surface area contributed by atoms with E-state index in [1.807, 2.05) is 0 Å². The average molecular weight is 332 g/mol. The molecule has 1 heterocycles. The van der Waals surface area contributed by atoms with Crippen molar-refractivity contribution in [2.45, 2.75) is 19.3 Å². The van der Waals surface area contributed by atoms with Gasteiger partial charge < -0.3 is 14.8 Å². The van der Waals surface area contributed by atoms with Gasteiger partial charge in [0.25, 0.3) is 0 Å². The van der Waals surface area contributed by atoms with E-state index in [4.69, 9.17) is 32.7 Å². The Hall–Kier alpha value is -0.970. The van der Waals surface area contributed by atoms with Crippen molar-refractivity contribution in [2.24, 2.45) is 5.92 Å². The summed E-state index contributed by atoms with van der Waals surface area (Å²) in [5.74, 6) is 0.810. The first-order valence-corrected chi connectivity index (χ1v) is 7.85. The van der Waals surface area contributed by atoms with Crippen LogP contribution in [0.3, 0.4) is 0 Å². The number of hydrogen-bond donors (Lipinski definition) is 1. The van der Waals surface area contributed by atoms with E-state index in [0.717, 1.165) is 19.3 Å². The Kier molecular flexibility index (Phi) is 6.61. The lowest BCUT2D eigenvalue weighted by Gasteiger charge is -2.21. The monoisotopic (exact) mass is 331 g/mol. The second-order valence-electron chi connectivity index (χ2n) is 4.95. The first-order valence-electron chi connectivity index (χ1n) is 7.10. The van der Waals surface area contributed by atoms with Crippen molar-refractivity contribution in [3.05, 3.63) is 28.2 Å². The molecule has 1 aromatic rings. The van der Waals surface area contributed by atoms with E-state index in [0.29, 0.717) is 42.2 Å². The van der Waals surface area contributed by atoms with Crippen molar-refractivity contribution in [1.29, 1.82) is 0 Å². The molecule has 0 aromatic heterocycles. The lowest BCUT2D eigenvalue weighted by Crippen LogP contribution is -2.35. The molecule has 1 aliphatic heterocycles. The van der Waals surface area contributed by atoms with Crippen LogP contribution in [-0.2, 0) is 9.53 Å². The van der Waals surface area contributed by atoms with Crippen LogP contribution < -0.4 is 10.1 Å². The number of amides is 1. The number of carbonyl (C=O) groups is 1. The van der Waals surface area contributed by atoms with Crippen LogP contribution in [0, 0.1) is 5.92 Å². The van der Waals surface area contributed by atoms with Crippen molar-refractivity contribution < 1.29 is 14.3 Å². The van der Waals surface area contributed by atoms with E-state index in [9.17, 15) is 4.79 Å². The average Bonchev–Trinajstić information content (AvgIpc) is 2.49. The van der Waals surface area contributed by atoms with E-state index in [-0.39, 0.29) is 11.8 Å². The predicted molar refractivity (Wildman–Crippen MR) is 83.1 cm³/mol. The Balaban J connectivity index is 1.62. The molecule has 1 aromatic carbocycles. The van der Waals surface area contributed by atoms with Gasteiger partial charge in [-0.2, -0.15) is 0 Å². The molecule has 0 unspecified atom stereocenters. The maximum Gasteiger partial charge on any atom is 0.223 e. The largest absolute Gasteiger partial charge is 0.492 e. The molecule has 4 nitrogen and oxygen atoms in total. The summed E-state index contributed by atoms with van der Waals surface area (Å²) in [7, 11) is 0. The molecule has 1 aliphatic rings. The summed E-state index contributed by atoms with van der Waals surface area (Å²) in [6.45, 7) is 2.45. The minimum atomic E-state index is 0.0883. The van der Waals surface area contributed by atoms with E-state index < -0.39 is 0 Å². The van der Waals surface area contributed by atoms with Crippen LogP contribution in [0.4, 0.5) is 0 Å². The molecule has 2 rings (SSSR count). The molecule has 116 valence electrons. The summed E-state index contributed by atoms with van der Waals surface area (Å²) in [5, 5.41) is 4.01. The maximum absolute atomic E-state index is 11.9. The standard InChI is InChI=1S/C15H19Cl2NO3/c16-12-2-3-14(13(17)10-12)21-7-1-6-18-15(19)11-4-8-20-9-5-11/h2-3,10-11H,1,4-9H2,(H,18,19). The quantitative estimate of drug-likeness (QED) is 0.813. The third-order valence-corrected chi connectivity index (χ3v) is 3.89. The molecule has 0 radical (unpaired) electrons. The topological polar surface area (TPSA) is 47.6 Å². The molecule has 1 fully saturated rings. The van der Waals surface area contributed by atoms with Crippen molar-refractivity contribution in [1.82, 2.24) is 5.32 Å². The SMILES string of the molecule is O=C(NCCCOc1ccc(Cl)cc1Cl)C1CCOCC1. The molecular formula is C15H19Cl2NO3. The van der Waals surface area contributed by atoms with Gasteiger partial charge in [0.15, 0.2) is 0 Å². The Morgan fingerprint density at radius 2 is 2.10 bits per heavy atom. The van der Waals surface area contributed by atoms with Crippen LogP contribution in [0.2, 0.25) is 10.0 Å². The van der Waals surface area contributed by atoms with Crippen LogP contribution in [0.15, 0.2) is 18.2 Å². The number of nitrogens with one attached hydrogen (secondary N) is 1. The minimum Gasteiger partial charge on any atom is -0.492 e. The van der Waals surface area contributed by atoms with Gasteiger partial charge in [-0.05, 0) is 37.5 Å². The molecule has 0 bridgehead atoms. The summed E-state index contributed by atoms with van der Waals surface area (Å²) < 4.78 is 10.8. The Bertz CT molecular complexity index is 476. The highest BCUT2D eigenvalue weighted by atomic mass is 35.5. The third kappa shape index (κ3) is 5.38. The molecule has 1 N–H and O–H groups in total.